The van der Waals surface area contributed by atoms with Gasteiger partial charge in [0.15, 0.2) is 5.13 Å². The number of carbonyl (C=O) groups is 1. The molecule has 1 aliphatic rings. The van der Waals surface area contributed by atoms with Gasteiger partial charge in [-0.3, -0.25) is 4.90 Å². The SMILES string of the molecule is CC(C)N1CCN(c2nc(C(C)(C)C)c(C(=O)O)s2)CC1. The first-order valence-electron chi connectivity index (χ1n) is 7.43. The maximum absolute atomic E-state index is 11.4. The number of carboxylic acids is 1. The topological polar surface area (TPSA) is 56.7 Å². The Hall–Kier alpha value is -1.14. The summed E-state index contributed by atoms with van der Waals surface area (Å²) in [4.78, 5) is 21.1. The second kappa shape index (κ2) is 5.93. The van der Waals surface area contributed by atoms with E-state index >= 15 is 0 Å². The van der Waals surface area contributed by atoms with Crippen LogP contribution in [0.2, 0.25) is 0 Å². The van der Waals surface area contributed by atoms with Gasteiger partial charge in [0.25, 0.3) is 0 Å². The van der Waals surface area contributed by atoms with Gasteiger partial charge in [0.05, 0.1) is 5.69 Å². The summed E-state index contributed by atoms with van der Waals surface area (Å²) in [7, 11) is 0. The number of carboxylic acid groups (broad SMARTS) is 1. The zero-order chi connectivity index (χ0) is 15.8. The normalized spacial score (nSPS) is 17.5. The van der Waals surface area contributed by atoms with Crippen molar-refractivity contribution in [3.8, 4) is 0 Å². The van der Waals surface area contributed by atoms with Crippen molar-refractivity contribution in [3.05, 3.63) is 10.6 Å². The summed E-state index contributed by atoms with van der Waals surface area (Å²) in [6.45, 7) is 14.3. The Bertz CT molecular complexity index is 511. The molecule has 1 fully saturated rings. The number of hydrogen-bond donors (Lipinski definition) is 1. The van der Waals surface area contributed by atoms with E-state index in [1.54, 1.807) is 0 Å². The molecule has 1 aliphatic heterocycles. The van der Waals surface area contributed by atoms with Crippen molar-refractivity contribution in [2.24, 2.45) is 0 Å². The minimum atomic E-state index is -0.871. The van der Waals surface area contributed by atoms with Gasteiger partial charge in [-0.15, -0.1) is 0 Å². The third kappa shape index (κ3) is 3.55. The van der Waals surface area contributed by atoms with Crippen LogP contribution >= 0.6 is 11.3 Å². The monoisotopic (exact) mass is 311 g/mol. The summed E-state index contributed by atoms with van der Waals surface area (Å²) < 4.78 is 0. The van der Waals surface area contributed by atoms with Gasteiger partial charge in [-0.1, -0.05) is 32.1 Å². The van der Waals surface area contributed by atoms with Crippen molar-refractivity contribution in [1.82, 2.24) is 9.88 Å². The summed E-state index contributed by atoms with van der Waals surface area (Å²) in [6, 6.07) is 0.558. The highest BCUT2D eigenvalue weighted by Crippen LogP contribution is 2.34. The first-order valence-corrected chi connectivity index (χ1v) is 8.25. The van der Waals surface area contributed by atoms with Gasteiger partial charge in [-0.05, 0) is 13.8 Å². The lowest BCUT2D eigenvalue weighted by Gasteiger charge is -2.36. The fourth-order valence-electron chi connectivity index (χ4n) is 2.53. The first-order chi connectivity index (χ1) is 9.70. The molecular formula is C15H25N3O2S. The largest absolute Gasteiger partial charge is 0.477 e. The molecule has 6 heteroatoms. The van der Waals surface area contributed by atoms with Crippen molar-refractivity contribution in [3.63, 3.8) is 0 Å². The van der Waals surface area contributed by atoms with E-state index in [9.17, 15) is 9.90 Å². The van der Waals surface area contributed by atoms with E-state index in [1.807, 2.05) is 20.8 Å². The van der Waals surface area contributed by atoms with E-state index in [0.717, 1.165) is 31.3 Å². The second-order valence-electron chi connectivity index (χ2n) is 6.85. The van der Waals surface area contributed by atoms with Crippen molar-refractivity contribution >= 4 is 22.4 Å². The molecule has 21 heavy (non-hydrogen) atoms. The van der Waals surface area contributed by atoms with Gasteiger partial charge >= 0.3 is 5.97 Å². The van der Waals surface area contributed by atoms with Crippen LogP contribution in [0.1, 0.15) is 50.0 Å². The standard InChI is InChI=1S/C15H25N3O2S/c1-10(2)17-6-8-18(9-7-17)14-16-12(15(3,4)5)11(21-14)13(19)20/h10H,6-9H2,1-5H3,(H,19,20). The van der Waals surface area contributed by atoms with Crippen molar-refractivity contribution in [1.29, 1.82) is 0 Å². The highest BCUT2D eigenvalue weighted by Gasteiger charge is 2.29. The molecule has 1 saturated heterocycles. The zero-order valence-electron chi connectivity index (χ0n) is 13.5. The van der Waals surface area contributed by atoms with Crippen LogP contribution in [-0.4, -0.2) is 53.2 Å². The van der Waals surface area contributed by atoms with E-state index in [1.165, 1.54) is 11.3 Å². The summed E-state index contributed by atoms with van der Waals surface area (Å²) >= 11 is 1.31. The van der Waals surface area contributed by atoms with Gasteiger partial charge in [0.2, 0.25) is 0 Å². The molecule has 1 aromatic rings. The van der Waals surface area contributed by atoms with Crippen molar-refractivity contribution in [2.75, 3.05) is 31.1 Å². The summed E-state index contributed by atoms with van der Waals surface area (Å²) in [5.74, 6) is -0.871. The third-order valence-electron chi connectivity index (χ3n) is 3.84. The summed E-state index contributed by atoms with van der Waals surface area (Å²) in [6.07, 6.45) is 0. The molecule has 0 aliphatic carbocycles. The fourth-order valence-corrected chi connectivity index (χ4v) is 3.69. The molecular weight excluding hydrogens is 286 g/mol. The van der Waals surface area contributed by atoms with Crippen LogP contribution in [0.5, 0.6) is 0 Å². The fraction of sp³-hybridized carbons (Fsp3) is 0.733. The lowest BCUT2D eigenvalue weighted by atomic mass is 9.91. The smallest absolute Gasteiger partial charge is 0.347 e. The predicted molar refractivity (Wildman–Crippen MR) is 86.7 cm³/mol. The van der Waals surface area contributed by atoms with Crippen LogP contribution < -0.4 is 4.90 Å². The molecule has 5 nitrogen and oxygen atoms in total. The number of rotatable bonds is 3. The Balaban J connectivity index is 2.20. The maximum Gasteiger partial charge on any atom is 0.347 e. The molecule has 2 rings (SSSR count). The minimum Gasteiger partial charge on any atom is -0.477 e. The van der Waals surface area contributed by atoms with Crippen LogP contribution in [-0.2, 0) is 5.41 Å². The Labute approximate surface area is 130 Å². The van der Waals surface area contributed by atoms with Crippen molar-refractivity contribution < 1.29 is 9.90 Å². The summed E-state index contributed by atoms with van der Waals surface area (Å²) in [5, 5.41) is 10.2. The Kier molecular flexibility index (Phi) is 4.58. The molecule has 0 aromatic carbocycles. The quantitative estimate of drug-likeness (QED) is 0.930. The number of aromatic nitrogens is 1. The van der Waals surface area contributed by atoms with Crippen LogP contribution in [0, 0.1) is 0 Å². The number of nitrogens with zero attached hydrogens (tertiary/aromatic N) is 3. The van der Waals surface area contributed by atoms with Gasteiger partial charge in [-0.25, -0.2) is 9.78 Å². The van der Waals surface area contributed by atoms with E-state index in [0.29, 0.717) is 16.6 Å². The third-order valence-corrected chi connectivity index (χ3v) is 4.94. The van der Waals surface area contributed by atoms with E-state index in [4.69, 9.17) is 0 Å². The van der Waals surface area contributed by atoms with Gasteiger partial charge < -0.3 is 10.0 Å². The first kappa shape index (κ1) is 16.2. The highest BCUT2D eigenvalue weighted by molar-refractivity contribution is 7.17. The average Bonchev–Trinajstić information content (AvgIpc) is 2.84. The zero-order valence-corrected chi connectivity index (χ0v) is 14.3. The predicted octanol–water partition coefficient (Wildman–Crippen LogP) is 2.67. The van der Waals surface area contributed by atoms with Gasteiger partial charge in [0.1, 0.15) is 4.88 Å². The van der Waals surface area contributed by atoms with Crippen LogP contribution in [0.4, 0.5) is 5.13 Å². The number of anilines is 1. The molecule has 0 saturated carbocycles. The van der Waals surface area contributed by atoms with E-state index in [2.05, 4.69) is 28.6 Å². The minimum absolute atomic E-state index is 0.248. The average molecular weight is 311 g/mol. The maximum atomic E-state index is 11.4. The number of aromatic carboxylic acids is 1. The number of hydrogen-bond acceptors (Lipinski definition) is 5. The Morgan fingerprint density at radius 1 is 1.24 bits per heavy atom. The molecule has 1 aromatic heterocycles. The molecule has 1 N–H and O–H groups in total. The van der Waals surface area contributed by atoms with E-state index in [-0.39, 0.29) is 5.41 Å². The van der Waals surface area contributed by atoms with Crippen molar-refractivity contribution in [2.45, 2.75) is 46.1 Å². The molecule has 0 atom stereocenters. The lowest BCUT2D eigenvalue weighted by Crippen LogP contribution is -2.48. The molecule has 2 heterocycles. The van der Waals surface area contributed by atoms with Crippen LogP contribution in [0.25, 0.3) is 0 Å². The molecule has 0 amide bonds. The molecule has 0 bridgehead atoms. The lowest BCUT2D eigenvalue weighted by molar-refractivity contribution is 0.0699. The molecule has 0 unspecified atom stereocenters. The highest BCUT2D eigenvalue weighted by atomic mass is 32.1. The molecule has 118 valence electrons. The van der Waals surface area contributed by atoms with E-state index < -0.39 is 5.97 Å². The Morgan fingerprint density at radius 3 is 2.19 bits per heavy atom. The van der Waals surface area contributed by atoms with Gasteiger partial charge in [0, 0.05) is 37.6 Å². The molecule has 0 spiro atoms. The summed E-state index contributed by atoms with van der Waals surface area (Å²) in [5.41, 5.74) is 0.448. The molecule has 0 radical (unpaired) electrons. The van der Waals surface area contributed by atoms with Crippen LogP contribution in [0.3, 0.4) is 0 Å². The number of piperazine rings is 1. The van der Waals surface area contributed by atoms with Crippen LogP contribution in [0.15, 0.2) is 0 Å². The Morgan fingerprint density at radius 2 is 1.81 bits per heavy atom. The van der Waals surface area contributed by atoms with Gasteiger partial charge in [-0.2, -0.15) is 0 Å². The number of thiazole rings is 1. The second-order valence-corrected chi connectivity index (χ2v) is 7.82.